The smallest absolute Gasteiger partial charge is 0.248 e. The molecule has 0 aliphatic heterocycles. The van der Waals surface area contributed by atoms with Crippen molar-refractivity contribution in [2.45, 2.75) is 31.2 Å². The van der Waals surface area contributed by atoms with Gasteiger partial charge in [0, 0.05) is 16.8 Å². The largest absolute Gasteiger partial charge is 0.366 e. The van der Waals surface area contributed by atoms with Crippen LogP contribution in [0, 0.1) is 13.8 Å². The predicted molar refractivity (Wildman–Crippen MR) is 127 cm³/mol. The van der Waals surface area contributed by atoms with Crippen molar-refractivity contribution in [1.82, 2.24) is 14.6 Å². The fraction of sp³-hybridized carbons (Fsp3) is 0.167. The van der Waals surface area contributed by atoms with Gasteiger partial charge in [-0.3, -0.25) is 9.59 Å². The minimum absolute atomic E-state index is 0.177. The number of aryl methyl sites for hydroxylation is 2. The van der Waals surface area contributed by atoms with E-state index in [-0.39, 0.29) is 5.91 Å². The van der Waals surface area contributed by atoms with E-state index in [1.165, 1.54) is 11.8 Å². The van der Waals surface area contributed by atoms with Crippen molar-refractivity contribution in [3.8, 4) is 11.3 Å². The van der Waals surface area contributed by atoms with Crippen molar-refractivity contribution in [3.63, 3.8) is 0 Å². The number of carbonyl (C=O) groups is 2. The molecule has 0 bridgehead atoms. The molecule has 2 amide bonds. The van der Waals surface area contributed by atoms with E-state index in [0.717, 1.165) is 28.0 Å². The number of nitrogens with zero attached hydrogens (tertiary/aromatic N) is 3. The van der Waals surface area contributed by atoms with Crippen molar-refractivity contribution >= 4 is 34.8 Å². The van der Waals surface area contributed by atoms with Gasteiger partial charge in [0.1, 0.15) is 0 Å². The summed E-state index contributed by atoms with van der Waals surface area (Å²) >= 11 is 1.34. The van der Waals surface area contributed by atoms with Crippen LogP contribution in [0.1, 0.15) is 28.5 Å². The van der Waals surface area contributed by atoms with Crippen LogP contribution in [-0.4, -0.2) is 31.7 Å². The molecule has 0 aliphatic carbocycles. The third-order valence-corrected chi connectivity index (χ3v) is 6.06. The van der Waals surface area contributed by atoms with E-state index in [4.69, 9.17) is 10.7 Å². The first-order valence-electron chi connectivity index (χ1n) is 10.1. The van der Waals surface area contributed by atoms with Crippen molar-refractivity contribution in [3.05, 3.63) is 77.5 Å². The summed E-state index contributed by atoms with van der Waals surface area (Å²) < 4.78 is 1.82. The number of rotatable bonds is 6. The lowest BCUT2D eigenvalue weighted by atomic mass is 10.1. The van der Waals surface area contributed by atoms with Crippen LogP contribution in [0.2, 0.25) is 0 Å². The van der Waals surface area contributed by atoms with Crippen LogP contribution < -0.4 is 11.1 Å². The number of anilines is 1. The van der Waals surface area contributed by atoms with Gasteiger partial charge < -0.3 is 11.1 Å². The summed E-state index contributed by atoms with van der Waals surface area (Å²) in [6.07, 6.45) is 0. The van der Waals surface area contributed by atoms with Crippen LogP contribution in [0.25, 0.3) is 16.8 Å². The Bertz CT molecular complexity index is 1300. The van der Waals surface area contributed by atoms with Crippen molar-refractivity contribution < 1.29 is 9.59 Å². The lowest BCUT2D eigenvalue weighted by molar-refractivity contribution is -0.115. The third-order valence-electron chi connectivity index (χ3n) is 5.02. The summed E-state index contributed by atoms with van der Waals surface area (Å²) in [5, 5.41) is 7.75. The van der Waals surface area contributed by atoms with Crippen LogP contribution in [0.4, 0.5) is 5.69 Å². The average Bonchev–Trinajstić information content (AvgIpc) is 3.13. The highest BCUT2D eigenvalue weighted by Crippen LogP contribution is 2.32. The molecule has 0 saturated carbocycles. The highest BCUT2D eigenvalue weighted by molar-refractivity contribution is 8.00. The lowest BCUT2D eigenvalue weighted by Gasteiger charge is -2.11. The Balaban J connectivity index is 1.62. The first kappa shape index (κ1) is 21.6. The van der Waals surface area contributed by atoms with Gasteiger partial charge in [0.05, 0.1) is 22.2 Å². The summed E-state index contributed by atoms with van der Waals surface area (Å²) in [6.45, 7) is 5.80. The molecule has 0 spiro atoms. The van der Waals surface area contributed by atoms with Gasteiger partial charge in [0.15, 0.2) is 5.16 Å². The highest BCUT2D eigenvalue weighted by Gasteiger charge is 2.22. The summed E-state index contributed by atoms with van der Waals surface area (Å²) in [5.41, 5.74) is 11.0. The van der Waals surface area contributed by atoms with Crippen molar-refractivity contribution in [1.29, 1.82) is 0 Å². The maximum atomic E-state index is 12.8. The molecule has 0 aliphatic rings. The number of aromatic nitrogens is 3. The van der Waals surface area contributed by atoms with Gasteiger partial charge in [0.25, 0.3) is 0 Å². The number of amides is 2. The van der Waals surface area contributed by atoms with E-state index >= 15 is 0 Å². The zero-order valence-electron chi connectivity index (χ0n) is 18.0. The molecule has 0 unspecified atom stereocenters. The maximum absolute atomic E-state index is 12.8. The molecule has 0 fully saturated rings. The molecular weight excluding hydrogens is 422 g/mol. The number of primary amides is 1. The molecule has 32 heavy (non-hydrogen) atoms. The molecular formula is C24H23N5O2S. The number of benzene rings is 2. The SMILES string of the molecule is Cc1cc(C)c2c(-c3ccccc3)nc(S[C@H](C)C(=O)Nc3ccc(C(N)=O)cc3)n2n1. The number of nitrogens with two attached hydrogens (primary N) is 1. The summed E-state index contributed by atoms with van der Waals surface area (Å²) in [7, 11) is 0. The lowest BCUT2D eigenvalue weighted by Crippen LogP contribution is -2.23. The fourth-order valence-corrected chi connectivity index (χ4v) is 4.31. The molecule has 8 heteroatoms. The number of hydrogen-bond acceptors (Lipinski definition) is 5. The van der Waals surface area contributed by atoms with E-state index in [2.05, 4.69) is 10.4 Å². The zero-order chi connectivity index (χ0) is 22.8. The first-order valence-corrected chi connectivity index (χ1v) is 11.0. The number of carbonyl (C=O) groups excluding carboxylic acids is 2. The van der Waals surface area contributed by atoms with Gasteiger partial charge >= 0.3 is 0 Å². The molecule has 0 radical (unpaired) electrons. The molecule has 2 aromatic carbocycles. The average molecular weight is 446 g/mol. The van der Waals surface area contributed by atoms with Gasteiger partial charge in [-0.25, -0.2) is 9.50 Å². The summed E-state index contributed by atoms with van der Waals surface area (Å²) in [5.74, 6) is -0.686. The third kappa shape index (κ3) is 4.36. The Morgan fingerprint density at radius 1 is 1.06 bits per heavy atom. The standard InChI is InChI=1S/C24H23N5O2S/c1-14-13-15(2)28-29-21(14)20(17-7-5-4-6-8-17)27-24(29)32-16(3)23(31)26-19-11-9-18(10-12-19)22(25)30/h4-13,16H,1-3H3,(H2,25,30)(H,26,31)/t16-/m1/s1. The minimum atomic E-state index is -0.509. The van der Waals surface area contributed by atoms with Crippen LogP contribution in [0.15, 0.2) is 65.8 Å². The molecule has 2 heterocycles. The van der Waals surface area contributed by atoms with E-state index < -0.39 is 11.2 Å². The number of fused-ring (bicyclic) bond motifs is 1. The van der Waals surface area contributed by atoms with Crippen LogP contribution >= 0.6 is 11.8 Å². The highest BCUT2D eigenvalue weighted by atomic mass is 32.2. The van der Waals surface area contributed by atoms with Gasteiger partial charge in [-0.15, -0.1) is 0 Å². The zero-order valence-corrected chi connectivity index (χ0v) is 18.8. The molecule has 4 aromatic rings. The van der Waals surface area contributed by atoms with Gasteiger partial charge in [0.2, 0.25) is 11.8 Å². The molecule has 3 N–H and O–H groups in total. The quantitative estimate of drug-likeness (QED) is 0.432. The Labute approximate surface area is 190 Å². The Hall–Kier alpha value is -3.65. The Morgan fingerprint density at radius 2 is 1.75 bits per heavy atom. The number of thioether (sulfide) groups is 1. The Morgan fingerprint density at radius 3 is 2.41 bits per heavy atom. The summed E-state index contributed by atoms with van der Waals surface area (Å²) in [6, 6.07) is 18.5. The van der Waals surface area contributed by atoms with Crippen molar-refractivity contribution in [2.75, 3.05) is 5.32 Å². The number of imidazole rings is 1. The molecule has 1 atom stereocenters. The second kappa shape index (κ2) is 8.84. The van der Waals surface area contributed by atoms with Gasteiger partial charge in [-0.2, -0.15) is 5.10 Å². The topological polar surface area (TPSA) is 102 Å². The molecule has 7 nitrogen and oxygen atoms in total. The van der Waals surface area contributed by atoms with Crippen LogP contribution in [-0.2, 0) is 4.79 Å². The normalized spacial score (nSPS) is 12.0. The van der Waals surface area contributed by atoms with Gasteiger partial charge in [-0.05, 0) is 56.7 Å². The second-order valence-corrected chi connectivity index (χ2v) is 8.84. The van der Waals surface area contributed by atoms with Crippen molar-refractivity contribution in [2.24, 2.45) is 5.73 Å². The van der Waals surface area contributed by atoms with E-state index in [1.54, 1.807) is 24.3 Å². The second-order valence-electron chi connectivity index (χ2n) is 7.53. The van der Waals surface area contributed by atoms with Crippen LogP contribution in [0.5, 0.6) is 0 Å². The van der Waals surface area contributed by atoms with E-state index in [9.17, 15) is 9.59 Å². The van der Waals surface area contributed by atoms with E-state index in [1.807, 2.05) is 61.7 Å². The monoisotopic (exact) mass is 445 g/mol. The molecule has 2 aromatic heterocycles. The number of nitrogens with one attached hydrogen (secondary N) is 1. The fourth-order valence-electron chi connectivity index (χ4n) is 3.45. The van der Waals surface area contributed by atoms with Crippen LogP contribution in [0.3, 0.4) is 0 Å². The summed E-state index contributed by atoms with van der Waals surface area (Å²) in [4.78, 5) is 28.9. The molecule has 4 rings (SSSR count). The minimum Gasteiger partial charge on any atom is -0.366 e. The first-order chi connectivity index (χ1) is 15.3. The Kier molecular flexibility index (Phi) is 5.96. The molecule has 162 valence electrons. The molecule has 0 saturated heterocycles. The number of hydrogen-bond donors (Lipinski definition) is 2. The predicted octanol–water partition coefficient (Wildman–Crippen LogP) is 4.23. The van der Waals surface area contributed by atoms with Gasteiger partial charge in [-0.1, -0.05) is 42.1 Å². The van der Waals surface area contributed by atoms with E-state index in [0.29, 0.717) is 16.4 Å². The maximum Gasteiger partial charge on any atom is 0.248 e.